The van der Waals surface area contributed by atoms with Gasteiger partial charge in [-0.25, -0.2) is 5.01 Å². The third kappa shape index (κ3) is 4.70. The van der Waals surface area contributed by atoms with Gasteiger partial charge in [0.05, 0.1) is 32.0 Å². The van der Waals surface area contributed by atoms with E-state index in [9.17, 15) is 4.79 Å². The molecule has 186 valence electrons. The average molecular weight is 485 g/mol. The molecule has 0 N–H and O–H groups in total. The highest BCUT2D eigenvalue weighted by Gasteiger charge is 2.61. The second-order valence-corrected chi connectivity index (χ2v) is 9.83. The van der Waals surface area contributed by atoms with Crippen LogP contribution in [0.3, 0.4) is 0 Å². The molecule has 36 heavy (non-hydrogen) atoms. The molecule has 0 bridgehead atoms. The molecule has 3 aliphatic rings. The van der Waals surface area contributed by atoms with Crippen LogP contribution in [0.4, 0.5) is 0 Å². The third-order valence-electron chi connectivity index (χ3n) is 7.58. The molecule has 1 aliphatic carbocycles. The van der Waals surface area contributed by atoms with Gasteiger partial charge < -0.3 is 14.2 Å². The normalized spacial score (nSPS) is 27.4. The van der Waals surface area contributed by atoms with Gasteiger partial charge in [0.15, 0.2) is 0 Å². The topological polar surface area (TPSA) is 51.2 Å². The van der Waals surface area contributed by atoms with Crippen molar-refractivity contribution in [3.05, 3.63) is 108 Å². The van der Waals surface area contributed by atoms with E-state index in [4.69, 9.17) is 14.2 Å². The lowest BCUT2D eigenvalue weighted by Crippen LogP contribution is -2.47. The molecule has 2 saturated heterocycles. The average Bonchev–Trinajstić information content (AvgIpc) is 3.56. The molecule has 5 atom stereocenters. The van der Waals surface area contributed by atoms with Crippen LogP contribution >= 0.6 is 0 Å². The number of ether oxygens (including phenoxy) is 3. The molecule has 2 heterocycles. The van der Waals surface area contributed by atoms with E-state index in [1.807, 2.05) is 59.6 Å². The Morgan fingerprint density at radius 1 is 0.639 bits per heavy atom. The van der Waals surface area contributed by atoms with Crippen LogP contribution in [0.1, 0.15) is 23.1 Å². The van der Waals surface area contributed by atoms with E-state index >= 15 is 0 Å². The van der Waals surface area contributed by atoms with Crippen molar-refractivity contribution < 1.29 is 19.0 Å². The lowest BCUT2D eigenvalue weighted by atomic mass is 10.0. The number of fused-ring (bicyclic) bond motifs is 3. The van der Waals surface area contributed by atoms with Gasteiger partial charge in [-0.05, 0) is 16.7 Å². The maximum Gasteiger partial charge on any atom is 0.238 e. The molecule has 0 radical (unpaired) electrons. The van der Waals surface area contributed by atoms with Crippen molar-refractivity contribution >= 4 is 5.91 Å². The van der Waals surface area contributed by atoms with Crippen molar-refractivity contribution in [2.45, 2.75) is 50.6 Å². The number of rotatable bonds is 9. The Morgan fingerprint density at radius 2 is 1.11 bits per heavy atom. The molecular weight excluding hydrogens is 452 g/mol. The van der Waals surface area contributed by atoms with Crippen molar-refractivity contribution in [1.82, 2.24) is 10.0 Å². The Balaban J connectivity index is 1.28. The summed E-state index contributed by atoms with van der Waals surface area (Å²) in [4.78, 5) is 12.6. The van der Waals surface area contributed by atoms with Gasteiger partial charge >= 0.3 is 0 Å². The van der Waals surface area contributed by atoms with E-state index in [0.29, 0.717) is 32.8 Å². The Hall–Kier alpha value is -3.03. The van der Waals surface area contributed by atoms with Crippen molar-refractivity contribution in [3.63, 3.8) is 0 Å². The van der Waals surface area contributed by atoms with Crippen molar-refractivity contribution in [1.29, 1.82) is 0 Å². The Bertz CT molecular complexity index is 1140. The van der Waals surface area contributed by atoms with E-state index < -0.39 is 0 Å². The molecular formula is C30H32N2O4. The van der Waals surface area contributed by atoms with E-state index in [0.717, 1.165) is 23.2 Å². The van der Waals surface area contributed by atoms with Gasteiger partial charge in [-0.15, -0.1) is 0 Å². The predicted molar refractivity (Wildman–Crippen MR) is 135 cm³/mol. The second-order valence-electron chi connectivity index (χ2n) is 9.83. The summed E-state index contributed by atoms with van der Waals surface area (Å²) in [6.45, 7) is 2.86. The van der Waals surface area contributed by atoms with Crippen LogP contribution in [0.15, 0.2) is 91.0 Å². The van der Waals surface area contributed by atoms with Crippen LogP contribution in [0.25, 0.3) is 0 Å². The number of hydrogen-bond donors (Lipinski definition) is 0. The van der Waals surface area contributed by atoms with Gasteiger partial charge in [0, 0.05) is 25.4 Å². The first-order chi connectivity index (χ1) is 17.8. The summed E-state index contributed by atoms with van der Waals surface area (Å²) in [6, 6.07) is 30.7. The molecule has 0 spiro atoms. The minimum atomic E-state index is -0.245. The number of hydrogen-bond acceptors (Lipinski definition) is 5. The molecule has 2 aliphatic heterocycles. The van der Waals surface area contributed by atoms with E-state index in [2.05, 4.69) is 41.4 Å². The standard InChI is InChI=1S/C30H32N2O4/c33-26-16-17-31-27-25(18-32(26)31)28(34-19-22-10-4-1-5-11-22)30(36-21-24-14-8-3-9-15-24)29(27)35-20-23-12-6-2-7-13-23/h1-15,25,27-30H,16-21H2/t25-,27+,28-,29-,30+/m1/s1. The van der Waals surface area contributed by atoms with Crippen molar-refractivity contribution in [2.75, 3.05) is 13.1 Å². The molecule has 0 aromatic heterocycles. The number of hydrazine groups is 1. The first-order valence-electron chi connectivity index (χ1n) is 12.8. The highest BCUT2D eigenvalue weighted by molar-refractivity contribution is 5.78. The molecule has 0 unspecified atom stereocenters. The highest BCUT2D eigenvalue weighted by Crippen LogP contribution is 2.45. The zero-order chi connectivity index (χ0) is 24.3. The molecule has 1 amide bonds. The number of carbonyl (C=O) groups excluding carboxylic acids is 1. The zero-order valence-corrected chi connectivity index (χ0v) is 20.3. The van der Waals surface area contributed by atoms with Crippen LogP contribution < -0.4 is 0 Å². The quantitative estimate of drug-likeness (QED) is 0.456. The highest BCUT2D eigenvalue weighted by atomic mass is 16.6. The number of amides is 1. The summed E-state index contributed by atoms with van der Waals surface area (Å²) >= 11 is 0. The van der Waals surface area contributed by atoms with Crippen LogP contribution in [-0.4, -0.2) is 53.4 Å². The van der Waals surface area contributed by atoms with Crippen molar-refractivity contribution in [2.24, 2.45) is 5.92 Å². The zero-order valence-electron chi connectivity index (χ0n) is 20.3. The number of carbonyl (C=O) groups is 1. The third-order valence-corrected chi connectivity index (χ3v) is 7.58. The maximum absolute atomic E-state index is 12.6. The Kier molecular flexibility index (Phi) is 6.84. The van der Waals surface area contributed by atoms with Crippen LogP contribution in [-0.2, 0) is 38.8 Å². The predicted octanol–water partition coefficient (Wildman–Crippen LogP) is 4.20. The van der Waals surface area contributed by atoms with Crippen LogP contribution in [0.5, 0.6) is 0 Å². The first kappa shape index (κ1) is 23.4. The second kappa shape index (κ2) is 10.5. The van der Waals surface area contributed by atoms with Crippen LogP contribution in [0, 0.1) is 5.92 Å². The van der Waals surface area contributed by atoms with Crippen molar-refractivity contribution in [3.8, 4) is 0 Å². The molecule has 6 heteroatoms. The minimum Gasteiger partial charge on any atom is -0.370 e. The fourth-order valence-electron chi connectivity index (χ4n) is 5.89. The Labute approximate surface area is 212 Å². The summed E-state index contributed by atoms with van der Waals surface area (Å²) in [5.74, 6) is 0.314. The number of nitrogens with zero attached hydrogens (tertiary/aromatic N) is 2. The minimum absolute atomic E-state index is 0.0432. The van der Waals surface area contributed by atoms with Gasteiger partial charge in [-0.1, -0.05) is 91.0 Å². The molecule has 3 aromatic carbocycles. The largest absolute Gasteiger partial charge is 0.370 e. The van der Waals surface area contributed by atoms with Gasteiger partial charge in [0.2, 0.25) is 5.91 Å². The fraction of sp³-hybridized carbons (Fsp3) is 0.367. The molecule has 6 nitrogen and oxygen atoms in total. The summed E-state index contributed by atoms with van der Waals surface area (Å²) in [5, 5.41) is 4.13. The summed E-state index contributed by atoms with van der Waals surface area (Å²) in [7, 11) is 0. The Morgan fingerprint density at radius 3 is 1.64 bits per heavy atom. The first-order valence-corrected chi connectivity index (χ1v) is 12.8. The van der Waals surface area contributed by atoms with E-state index in [-0.39, 0.29) is 36.2 Å². The van der Waals surface area contributed by atoms with Gasteiger partial charge in [0.25, 0.3) is 0 Å². The molecule has 3 fully saturated rings. The lowest BCUT2D eigenvalue weighted by Gasteiger charge is -2.32. The monoisotopic (exact) mass is 484 g/mol. The SMILES string of the molecule is O=C1CCN2[C@H]3[C@@H](CN12)[C@@H](OCc1ccccc1)[C@H](OCc1ccccc1)[C@@H]3OCc1ccccc1. The molecule has 6 rings (SSSR count). The molecule has 3 aromatic rings. The fourth-order valence-corrected chi connectivity index (χ4v) is 5.89. The summed E-state index contributed by atoms with van der Waals surface area (Å²) < 4.78 is 19.9. The smallest absolute Gasteiger partial charge is 0.238 e. The lowest BCUT2D eigenvalue weighted by molar-refractivity contribution is -0.153. The summed E-state index contributed by atoms with van der Waals surface area (Å²) in [6.07, 6.45) is -0.0844. The number of benzene rings is 3. The van der Waals surface area contributed by atoms with Gasteiger partial charge in [-0.2, -0.15) is 0 Å². The maximum atomic E-state index is 12.6. The van der Waals surface area contributed by atoms with Gasteiger partial charge in [-0.3, -0.25) is 9.80 Å². The summed E-state index contributed by atoms with van der Waals surface area (Å²) in [5.41, 5.74) is 3.37. The van der Waals surface area contributed by atoms with Gasteiger partial charge in [0.1, 0.15) is 12.2 Å². The van der Waals surface area contributed by atoms with E-state index in [1.165, 1.54) is 0 Å². The van der Waals surface area contributed by atoms with Crippen LogP contribution in [0.2, 0.25) is 0 Å². The van der Waals surface area contributed by atoms with E-state index in [1.54, 1.807) is 0 Å². The molecule has 1 saturated carbocycles.